The largest absolute Gasteiger partial charge is 0.477 e. The Hall–Kier alpha value is -1.69. The van der Waals surface area contributed by atoms with E-state index in [0.29, 0.717) is 16.0 Å². The quantitative estimate of drug-likeness (QED) is 0.766. The Kier molecular flexibility index (Phi) is 2.08. The summed E-state index contributed by atoms with van der Waals surface area (Å²) in [7, 11) is 0. The summed E-state index contributed by atoms with van der Waals surface area (Å²) in [6, 6.07) is 0. The van der Waals surface area contributed by atoms with E-state index in [1.54, 1.807) is 13.8 Å². The van der Waals surface area contributed by atoms with Gasteiger partial charge in [0, 0.05) is 0 Å². The lowest BCUT2D eigenvalue weighted by atomic mass is 10.2. The molecule has 0 fully saturated rings. The summed E-state index contributed by atoms with van der Waals surface area (Å²) < 4.78 is 0. The fraction of sp³-hybridized carbons (Fsp3) is 0.222. The van der Waals surface area contributed by atoms with E-state index in [-0.39, 0.29) is 10.6 Å². The molecule has 0 bridgehead atoms. The molecular weight excluding hydrogens is 214 g/mol. The number of thiophene rings is 1. The van der Waals surface area contributed by atoms with E-state index in [1.165, 1.54) is 0 Å². The second-order valence-electron chi connectivity index (χ2n) is 3.19. The highest BCUT2D eigenvalue weighted by Gasteiger charge is 2.18. The summed E-state index contributed by atoms with van der Waals surface area (Å²) >= 11 is 1.08. The molecule has 6 heteroatoms. The van der Waals surface area contributed by atoms with Crippen molar-refractivity contribution in [3.05, 3.63) is 16.4 Å². The molecule has 0 aliphatic heterocycles. The molecule has 0 aliphatic carbocycles. The van der Waals surface area contributed by atoms with Gasteiger partial charge in [0.2, 0.25) is 0 Å². The van der Waals surface area contributed by atoms with E-state index in [0.717, 1.165) is 17.0 Å². The number of rotatable bonds is 1. The molecule has 0 radical (unpaired) electrons. The zero-order chi connectivity index (χ0) is 11.2. The van der Waals surface area contributed by atoms with Gasteiger partial charge in [0.05, 0.1) is 16.8 Å². The van der Waals surface area contributed by atoms with Gasteiger partial charge >= 0.3 is 5.97 Å². The highest BCUT2D eigenvalue weighted by atomic mass is 32.1. The van der Waals surface area contributed by atoms with Crippen LogP contribution in [0.1, 0.15) is 21.2 Å². The Labute approximate surface area is 89.6 Å². The molecule has 2 aromatic heterocycles. The van der Waals surface area contributed by atoms with Gasteiger partial charge in [-0.05, 0) is 13.8 Å². The summed E-state index contributed by atoms with van der Waals surface area (Å²) in [6.45, 7) is 3.56. The number of aromatic nitrogens is 2. The zero-order valence-corrected chi connectivity index (χ0v) is 9.05. The molecule has 0 atom stereocenters. The molecular formula is C9H9N3O2S. The summed E-state index contributed by atoms with van der Waals surface area (Å²) in [5, 5.41) is 9.56. The topological polar surface area (TPSA) is 89.1 Å². The molecule has 0 saturated carbocycles. The fourth-order valence-corrected chi connectivity index (χ4v) is 2.52. The predicted octanol–water partition coefficient (Wildman–Crippen LogP) is 1.59. The van der Waals surface area contributed by atoms with E-state index in [4.69, 9.17) is 10.8 Å². The van der Waals surface area contributed by atoms with Gasteiger partial charge in [-0.2, -0.15) is 0 Å². The Morgan fingerprint density at radius 3 is 2.67 bits per heavy atom. The van der Waals surface area contributed by atoms with Crippen molar-refractivity contribution in [3.8, 4) is 0 Å². The number of hydrogen-bond acceptors (Lipinski definition) is 5. The number of fused-ring (bicyclic) bond motifs is 1. The maximum Gasteiger partial charge on any atom is 0.348 e. The zero-order valence-electron chi connectivity index (χ0n) is 8.24. The molecule has 0 spiro atoms. The number of carbonyl (C=O) groups is 1. The molecule has 0 amide bonds. The maximum atomic E-state index is 10.9. The molecule has 2 aromatic rings. The Balaban J connectivity index is 2.88. The lowest BCUT2D eigenvalue weighted by molar-refractivity contribution is 0.0703. The number of nitrogen functional groups attached to an aromatic ring is 1. The third kappa shape index (κ3) is 1.42. The number of aryl methyl sites for hydroxylation is 2. The number of hydrogen-bond donors (Lipinski definition) is 2. The Morgan fingerprint density at radius 2 is 2.07 bits per heavy atom. The maximum absolute atomic E-state index is 10.9. The van der Waals surface area contributed by atoms with Gasteiger partial charge in [-0.1, -0.05) is 0 Å². The number of carboxylic acid groups (broad SMARTS) is 1. The van der Waals surface area contributed by atoms with Crippen LogP contribution in [-0.2, 0) is 0 Å². The van der Waals surface area contributed by atoms with Crippen LogP contribution < -0.4 is 5.73 Å². The van der Waals surface area contributed by atoms with E-state index >= 15 is 0 Å². The number of aromatic carboxylic acids is 1. The summed E-state index contributed by atoms with van der Waals surface area (Å²) in [5.41, 5.74) is 6.73. The number of nitrogens with two attached hydrogens (primary N) is 1. The monoisotopic (exact) mass is 223 g/mol. The smallest absolute Gasteiger partial charge is 0.348 e. The van der Waals surface area contributed by atoms with Gasteiger partial charge in [0.15, 0.2) is 0 Å². The van der Waals surface area contributed by atoms with Crippen LogP contribution in [0.4, 0.5) is 5.69 Å². The number of anilines is 1. The lowest BCUT2D eigenvalue weighted by Crippen LogP contribution is -1.98. The molecule has 2 heterocycles. The SMILES string of the molecule is Cc1nc(C)c2c(N)c(C(=O)O)sc2n1. The predicted molar refractivity (Wildman–Crippen MR) is 58.3 cm³/mol. The van der Waals surface area contributed by atoms with Gasteiger partial charge in [-0.15, -0.1) is 11.3 Å². The average Bonchev–Trinajstić information content (AvgIpc) is 2.42. The van der Waals surface area contributed by atoms with Crippen molar-refractivity contribution < 1.29 is 9.90 Å². The minimum absolute atomic E-state index is 0.132. The third-order valence-electron chi connectivity index (χ3n) is 2.08. The number of carboxylic acids is 1. The van der Waals surface area contributed by atoms with Crippen LogP contribution in [0.15, 0.2) is 0 Å². The molecule has 0 aliphatic rings. The minimum Gasteiger partial charge on any atom is -0.477 e. The van der Waals surface area contributed by atoms with Crippen LogP contribution >= 0.6 is 11.3 Å². The van der Waals surface area contributed by atoms with Crippen LogP contribution in [0.5, 0.6) is 0 Å². The fourth-order valence-electron chi connectivity index (χ4n) is 1.49. The molecule has 3 N–H and O–H groups in total. The van der Waals surface area contributed by atoms with Gasteiger partial charge in [0.1, 0.15) is 15.5 Å². The van der Waals surface area contributed by atoms with E-state index < -0.39 is 5.97 Å². The Bertz CT molecular complexity index is 562. The first kappa shape index (κ1) is 9.85. The summed E-state index contributed by atoms with van der Waals surface area (Å²) in [4.78, 5) is 20.0. The standard InChI is InChI=1S/C9H9N3O2S/c1-3-5-6(10)7(9(13)14)15-8(5)12-4(2)11-3/h10H2,1-2H3,(H,13,14). The van der Waals surface area contributed by atoms with Gasteiger partial charge in [-0.25, -0.2) is 14.8 Å². The highest BCUT2D eigenvalue weighted by molar-refractivity contribution is 7.21. The molecule has 78 valence electrons. The van der Waals surface area contributed by atoms with Crippen molar-refractivity contribution in [1.29, 1.82) is 0 Å². The van der Waals surface area contributed by atoms with Crippen molar-refractivity contribution in [1.82, 2.24) is 9.97 Å². The minimum atomic E-state index is -1.02. The second-order valence-corrected chi connectivity index (χ2v) is 4.19. The summed E-state index contributed by atoms with van der Waals surface area (Å²) in [6.07, 6.45) is 0. The second kappa shape index (κ2) is 3.16. The molecule has 0 unspecified atom stereocenters. The molecule has 15 heavy (non-hydrogen) atoms. The van der Waals surface area contributed by atoms with Gasteiger partial charge in [0.25, 0.3) is 0 Å². The van der Waals surface area contributed by atoms with Crippen LogP contribution in [0.25, 0.3) is 10.2 Å². The van der Waals surface area contributed by atoms with E-state index in [2.05, 4.69) is 9.97 Å². The third-order valence-corrected chi connectivity index (χ3v) is 3.16. The number of nitrogens with zero attached hydrogens (tertiary/aromatic N) is 2. The first-order valence-electron chi connectivity index (χ1n) is 4.27. The normalized spacial score (nSPS) is 10.8. The summed E-state index contributed by atoms with van der Waals surface area (Å²) in [5.74, 6) is -0.397. The van der Waals surface area contributed by atoms with Crippen molar-refractivity contribution in [2.45, 2.75) is 13.8 Å². The van der Waals surface area contributed by atoms with Gasteiger partial charge < -0.3 is 10.8 Å². The molecule has 2 rings (SSSR count). The molecule has 0 aromatic carbocycles. The van der Waals surface area contributed by atoms with Gasteiger partial charge in [-0.3, -0.25) is 0 Å². The lowest BCUT2D eigenvalue weighted by Gasteiger charge is -1.98. The van der Waals surface area contributed by atoms with Crippen LogP contribution in [0.3, 0.4) is 0 Å². The average molecular weight is 223 g/mol. The highest BCUT2D eigenvalue weighted by Crippen LogP contribution is 2.33. The van der Waals surface area contributed by atoms with Crippen molar-refractivity contribution in [2.24, 2.45) is 0 Å². The molecule has 5 nitrogen and oxygen atoms in total. The van der Waals surface area contributed by atoms with Crippen LogP contribution in [-0.4, -0.2) is 21.0 Å². The van der Waals surface area contributed by atoms with Crippen molar-refractivity contribution >= 4 is 33.2 Å². The Morgan fingerprint density at radius 1 is 1.40 bits per heavy atom. The van der Waals surface area contributed by atoms with Crippen LogP contribution in [0.2, 0.25) is 0 Å². The van der Waals surface area contributed by atoms with Crippen molar-refractivity contribution in [2.75, 3.05) is 5.73 Å². The van der Waals surface area contributed by atoms with E-state index in [1.807, 2.05) is 0 Å². The first-order chi connectivity index (χ1) is 7.00. The first-order valence-corrected chi connectivity index (χ1v) is 5.09. The van der Waals surface area contributed by atoms with E-state index in [9.17, 15) is 4.79 Å². The van der Waals surface area contributed by atoms with Crippen LogP contribution in [0, 0.1) is 13.8 Å². The molecule has 0 saturated heterocycles. The van der Waals surface area contributed by atoms with Crippen molar-refractivity contribution in [3.63, 3.8) is 0 Å².